The molecule has 10 nitrogen and oxygen atoms in total. The number of benzene rings is 3. The molecule has 0 aliphatic heterocycles. The van der Waals surface area contributed by atoms with E-state index in [4.69, 9.17) is 0 Å². The van der Waals surface area contributed by atoms with Crippen LogP contribution >= 0.6 is 11.3 Å². The standard InChI is InChI=1S/C37H34F2N6O4S/c1-3-40-36(48)42-24-17-15-23(16-18-24)33-29(20-43(2)19-25-9-7-10-26(22-46)41-25)32-34(47)45(27-11-5-4-6-12-27)37(49)44(35(32)50-33)21-28-30(38)13-8-14-31(28)39/h4-18,46H,3,19-22H2,1-2H3,(H2,40,42,48). The maximum absolute atomic E-state index is 15.0. The first-order valence-corrected chi connectivity index (χ1v) is 16.7. The van der Waals surface area contributed by atoms with Crippen LogP contribution < -0.4 is 21.9 Å². The Morgan fingerprint density at radius 1 is 0.880 bits per heavy atom. The lowest BCUT2D eigenvalue weighted by atomic mass is 10.1. The van der Waals surface area contributed by atoms with Crippen LogP contribution in [0.3, 0.4) is 0 Å². The van der Waals surface area contributed by atoms with E-state index in [1.165, 1.54) is 22.0 Å². The number of aliphatic hydroxyl groups excluding tert-OH is 1. The van der Waals surface area contributed by atoms with Crippen LogP contribution in [0.25, 0.3) is 26.3 Å². The van der Waals surface area contributed by atoms with Crippen molar-refractivity contribution in [3.8, 4) is 16.1 Å². The summed E-state index contributed by atoms with van der Waals surface area (Å²) in [5.74, 6) is -1.63. The number of aliphatic hydroxyl groups is 1. The summed E-state index contributed by atoms with van der Waals surface area (Å²) in [6.45, 7) is 2.21. The van der Waals surface area contributed by atoms with Crippen LogP contribution in [0.1, 0.15) is 29.4 Å². The van der Waals surface area contributed by atoms with Gasteiger partial charge in [-0.3, -0.25) is 19.2 Å². The van der Waals surface area contributed by atoms with Gasteiger partial charge in [0, 0.05) is 35.8 Å². The van der Waals surface area contributed by atoms with E-state index in [0.29, 0.717) is 51.9 Å². The first-order chi connectivity index (χ1) is 24.2. The van der Waals surface area contributed by atoms with E-state index < -0.39 is 29.4 Å². The lowest BCUT2D eigenvalue weighted by Crippen LogP contribution is -2.39. The Kier molecular flexibility index (Phi) is 10.3. The molecular formula is C37H34F2N6O4S. The summed E-state index contributed by atoms with van der Waals surface area (Å²) in [4.78, 5) is 48.2. The number of carbonyl (C=O) groups excluding carboxylic acids is 1. The number of rotatable bonds is 11. The molecule has 3 aromatic heterocycles. The molecule has 0 unspecified atom stereocenters. The summed E-state index contributed by atoms with van der Waals surface area (Å²) in [5.41, 5.74) is 1.78. The molecule has 3 heterocycles. The maximum atomic E-state index is 15.0. The molecule has 0 radical (unpaired) electrons. The minimum absolute atomic E-state index is 0.207. The Balaban J connectivity index is 1.57. The number of hydrogen-bond acceptors (Lipinski definition) is 7. The Labute approximate surface area is 289 Å². The lowest BCUT2D eigenvalue weighted by Gasteiger charge is -2.18. The topological polar surface area (TPSA) is 121 Å². The van der Waals surface area contributed by atoms with Crippen LogP contribution in [-0.2, 0) is 26.2 Å². The molecule has 6 rings (SSSR count). The van der Waals surface area contributed by atoms with Gasteiger partial charge in [0.2, 0.25) is 0 Å². The smallest absolute Gasteiger partial charge is 0.337 e. The summed E-state index contributed by atoms with van der Waals surface area (Å²) in [6.07, 6.45) is 0. The number of fused-ring (bicyclic) bond motifs is 1. The molecule has 256 valence electrons. The van der Waals surface area contributed by atoms with Crippen LogP contribution in [0.4, 0.5) is 19.3 Å². The van der Waals surface area contributed by atoms with Gasteiger partial charge in [0.15, 0.2) is 0 Å². The van der Waals surface area contributed by atoms with Crippen molar-refractivity contribution < 1.29 is 18.7 Å². The second-order valence-electron chi connectivity index (χ2n) is 11.6. The number of aromatic nitrogens is 3. The zero-order valence-corrected chi connectivity index (χ0v) is 28.1. The average molecular weight is 697 g/mol. The molecule has 0 saturated heterocycles. The minimum Gasteiger partial charge on any atom is -0.390 e. The van der Waals surface area contributed by atoms with Crippen molar-refractivity contribution in [1.82, 2.24) is 24.3 Å². The number of urea groups is 1. The van der Waals surface area contributed by atoms with Gasteiger partial charge in [-0.25, -0.2) is 22.9 Å². The zero-order chi connectivity index (χ0) is 35.4. The number of amides is 2. The van der Waals surface area contributed by atoms with Gasteiger partial charge < -0.3 is 15.7 Å². The second-order valence-corrected chi connectivity index (χ2v) is 12.6. The van der Waals surface area contributed by atoms with Crippen molar-refractivity contribution in [2.45, 2.75) is 33.2 Å². The van der Waals surface area contributed by atoms with E-state index in [0.717, 1.165) is 16.7 Å². The second kappa shape index (κ2) is 14.9. The summed E-state index contributed by atoms with van der Waals surface area (Å²) in [7, 11) is 1.86. The number of anilines is 1. The number of para-hydroxylation sites is 1. The normalized spacial score (nSPS) is 11.3. The van der Waals surface area contributed by atoms with Gasteiger partial charge in [-0.15, -0.1) is 11.3 Å². The van der Waals surface area contributed by atoms with Crippen molar-refractivity contribution in [3.63, 3.8) is 0 Å². The molecule has 3 N–H and O–H groups in total. The predicted molar refractivity (Wildman–Crippen MR) is 191 cm³/mol. The molecule has 50 heavy (non-hydrogen) atoms. The third-order valence-electron chi connectivity index (χ3n) is 8.09. The molecule has 13 heteroatoms. The van der Waals surface area contributed by atoms with Gasteiger partial charge in [-0.2, -0.15) is 0 Å². The number of nitrogens with one attached hydrogen (secondary N) is 2. The van der Waals surface area contributed by atoms with Crippen LogP contribution in [0.15, 0.2) is 101 Å². The van der Waals surface area contributed by atoms with E-state index in [-0.39, 0.29) is 35.0 Å². The van der Waals surface area contributed by atoms with E-state index in [2.05, 4.69) is 15.6 Å². The minimum atomic E-state index is -0.813. The third-order valence-corrected chi connectivity index (χ3v) is 9.40. The highest BCUT2D eigenvalue weighted by atomic mass is 32.1. The Hall–Kier alpha value is -5.50. The van der Waals surface area contributed by atoms with Crippen molar-refractivity contribution in [1.29, 1.82) is 0 Å². The number of halogens is 2. The summed E-state index contributed by atoms with van der Waals surface area (Å²) < 4.78 is 32.4. The highest BCUT2D eigenvalue weighted by molar-refractivity contribution is 7.22. The number of nitrogens with zero attached hydrogens (tertiary/aromatic N) is 4. The van der Waals surface area contributed by atoms with E-state index in [1.807, 2.05) is 31.0 Å². The van der Waals surface area contributed by atoms with Gasteiger partial charge in [-0.1, -0.05) is 42.5 Å². The van der Waals surface area contributed by atoms with Crippen molar-refractivity contribution in [2.75, 3.05) is 18.9 Å². The molecule has 3 aromatic carbocycles. The molecule has 0 bridgehead atoms. The quantitative estimate of drug-likeness (QED) is 0.156. The lowest BCUT2D eigenvalue weighted by molar-refractivity contribution is 0.252. The van der Waals surface area contributed by atoms with Crippen molar-refractivity contribution in [3.05, 3.63) is 146 Å². The van der Waals surface area contributed by atoms with Crippen molar-refractivity contribution in [2.24, 2.45) is 0 Å². The number of hydrogen-bond donors (Lipinski definition) is 3. The van der Waals surface area contributed by atoms with Crippen LogP contribution in [0, 0.1) is 11.6 Å². The fourth-order valence-corrected chi connectivity index (χ4v) is 7.09. The first kappa shape index (κ1) is 34.4. The third kappa shape index (κ3) is 7.10. The van der Waals surface area contributed by atoms with Gasteiger partial charge in [0.1, 0.15) is 16.5 Å². The van der Waals surface area contributed by atoms with Gasteiger partial charge in [0.25, 0.3) is 5.56 Å². The average Bonchev–Trinajstić information content (AvgIpc) is 3.47. The molecule has 0 aliphatic carbocycles. The van der Waals surface area contributed by atoms with Crippen LogP contribution in [0.5, 0.6) is 0 Å². The Morgan fingerprint density at radius 2 is 1.56 bits per heavy atom. The maximum Gasteiger partial charge on any atom is 0.337 e. The fraction of sp³-hybridized carbons (Fsp3) is 0.189. The molecule has 0 aliphatic rings. The highest BCUT2D eigenvalue weighted by Crippen LogP contribution is 2.38. The van der Waals surface area contributed by atoms with E-state index in [9.17, 15) is 19.5 Å². The summed E-state index contributed by atoms with van der Waals surface area (Å²) >= 11 is 1.18. The van der Waals surface area contributed by atoms with Gasteiger partial charge in [-0.05, 0) is 73.6 Å². The highest BCUT2D eigenvalue weighted by Gasteiger charge is 2.26. The Bertz CT molecular complexity index is 2270. The van der Waals surface area contributed by atoms with Crippen molar-refractivity contribution >= 4 is 33.3 Å². The largest absolute Gasteiger partial charge is 0.390 e. The molecule has 0 spiro atoms. The monoisotopic (exact) mass is 696 g/mol. The number of thiophene rings is 1. The number of pyridine rings is 1. The SMILES string of the molecule is CCNC(=O)Nc1ccc(-c2sc3c(c2CN(C)Cc2cccc(CO)n2)c(=O)n(-c2ccccc2)c(=O)n3Cc2c(F)cccc2F)cc1. The fourth-order valence-electron chi connectivity index (χ4n) is 5.79. The Morgan fingerprint density at radius 3 is 2.24 bits per heavy atom. The first-order valence-electron chi connectivity index (χ1n) is 15.9. The predicted octanol–water partition coefficient (Wildman–Crippen LogP) is 5.87. The zero-order valence-electron chi connectivity index (χ0n) is 27.3. The van der Waals surface area contributed by atoms with Crippen LogP contribution in [-0.4, -0.2) is 43.7 Å². The molecule has 2 amide bonds. The van der Waals surface area contributed by atoms with E-state index in [1.54, 1.807) is 60.7 Å². The summed E-state index contributed by atoms with van der Waals surface area (Å²) in [6, 6.07) is 24.0. The van der Waals surface area contributed by atoms with E-state index >= 15 is 8.78 Å². The summed E-state index contributed by atoms with van der Waals surface area (Å²) in [5, 5.41) is 15.3. The molecule has 0 saturated carbocycles. The molecular weight excluding hydrogens is 663 g/mol. The molecule has 6 aromatic rings. The van der Waals surface area contributed by atoms with Gasteiger partial charge >= 0.3 is 11.7 Å². The number of carbonyl (C=O) groups is 1. The molecule has 0 atom stereocenters. The van der Waals surface area contributed by atoms with Gasteiger partial charge in [0.05, 0.1) is 35.6 Å². The molecule has 0 fully saturated rings. The van der Waals surface area contributed by atoms with Crippen LogP contribution in [0.2, 0.25) is 0 Å².